The fraction of sp³-hybridized carbons (Fsp3) is 0.364. The van der Waals surface area contributed by atoms with Gasteiger partial charge in [-0.2, -0.15) is 8.42 Å². The van der Waals surface area contributed by atoms with Gasteiger partial charge in [0, 0.05) is 10.7 Å². The largest absolute Gasteiger partial charge is 0.496 e. The van der Waals surface area contributed by atoms with Crippen molar-refractivity contribution in [2.45, 2.75) is 19.4 Å². The SMILES string of the molecule is COc1ccc(C2CC(=O)N2S(=O)(=O)Cl)cc1C. The fourth-order valence-electron chi connectivity index (χ4n) is 2.04. The maximum atomic E-state index is 11.3. The Morgan fingerprint density at radius 2 is 2.11 bits per heavy atom. The van der Waals surface area contributed by atoms with Crippen LogP contribution in [0.5, 0.6) is 5.75 Å². The number of nitrogens with zero attached hydrogens (tertiary/aromatic N) is 1. The first-order valence-electron chi connectivity index (χ1n) is 5.26. The summed E-state index contributed by atoms with van der Waals surface area (Å²) in [5.74, 6) is 0.230. The summed E-state index contributed by atoms with van der Waals surface area (Å²) >= 11 is 0. The molecule has 1 aliphatic rings. The van der Waals surface area contributed by atoms with Crippen molar-refractivity contribution in [2.24, 2.45) is 0 Å². The molecule has 1 unspecified atom stereocenters. The Kier molecular flexibility index (Phi) is 3.25. The second kappa shape index (κ2) is 4.44. The Labute approximate surface area is 110 Å². The number of hydrogen-bond donors (Lipinski definition) is 0. The number of hydrogen-bond acceptors (Lipinski definition) is 4. The molecule has 0 bridgehead atoms. The van der Waals surface area contributed by atoms with Gasteiger partial charge < -0.3 is 4.74 Å². The van der Waals surface area contributed by atoms with Crippen LogP contribution in [0.4, 0.5) is 0 Å². The summed E-state index contributed by atoms with van der Waals surface area (Å²) in [6.07, 6.45) is 0.151. The van der Waals surface area contributed by atoms with Gasteiger partial charge in [0.25, 0.3) is 0 Å². The van der Waals surface area contributed by atoms with E-state index in [-0.39, 0.29) is 6.42 Å². The Bertz CT molecular complexity index is 599. The first kappa shape index (κ1) is 13.2. The number of β-lactam (4-membered cyclic amide) rings is 1. The van der Waals surface area contributed by atoms with Crippen molar-refractivity contribution < 1.29 is 17.9 Å². The highest BCUT2D eigenvalue weighted by atomic mass is 35.7. The van der Waals surface area contributed by atoms with Crippen LogP contribution in [-0.4, -0.2) is 25.7 Å². The van der Waals surface area contributed by atoms with Gasteiger partial charge in [-0.25, -0.2) is 4.31 Å². The number of carbonyl (C=O) groups excluding carboxylic acids is 1. The van der Waals surface area contributed by atoms with Crippen LogP contribution in [-0.2, 0) is 14.0 Å². The Hall–Kier alpha value is -1.27. The number of aryl methyl sites for hydroxylation is 1. The molecular formula is C11H12ClNO4S. The monoisotopic (exact) mass is 289 g/mol. The molecule has 0 aromatic heterocycles. The normalized spacial score (nSPS) is 19.6. The number of amides is 1. The molecule has 0 spiro atoms. The van der Waals surface area contributed by atoms with E-state index in [1.807, 2.05) is 6.92 Å². The van der Waals surface area contributed by atoms with Crippen LogP contribution in [0.1, 0.15) is 23.6 Å². The van der Waals surface area contributed by atoms with Crippen molar-refractivity contribution >= 4 is 25.8 Å². The summed E-state index contributed by atoms with van der Waals surface area (Å²) in [7, 11) is 2.77. The minimum Gasteiger partial charge on any atom is -0.496 e. The first-order valence-corrected chi connectivity index (χ1v) is 7.52. The number of rotatable bonds is 3. The van der Waals surface area contributed by atoms with Crippen molar-refractivity contribution in [3.05, 3.63) is 29.3 Å². The second-order valence-corrected chi connectivity index (χ2v) is 6.47. The van der Waals surface area contributed by atoms with E-state index in [0.717, 1.165) is 11.1 Å². The standard InChI is InChI=1S/C11H12ClNO4S/c1-7-5-8(3-4-10(7)17-2)9-6-11(14)13(9)18(12,15)16/h3-5,9H,6H2,1-2H3. The first-order chi connectivity index (χ1) is 8.34. The van der Waals surface area contributed by atoms with E-state index in [1.54, 1.807) is 25.3 Å². The van der Waals surface area contributed by atoms with Gasteiger partial charge in [0.2, 0.25) is 5.91 Å². The van der Waals surface area contributed by atoms with Crippen molar-refractivity contribution in [3.8, 4) is 5.75 Å². The molecule has 1 amide bonds. The molecular weight excluding hydrogens is 278 g/mol. The van der Waals surface area contributed by atoms with Crippen LogP contribution in [0, 0.1) is 6.92 Å². The zero-order valence-corrected chi connectivity index (χ0v) is 11.5. The van der Waals surface area contributed by atoms with Crippen LogP contribution < -0.4 is 4.74 Å². The predicted molar refractivity (Wildman–Crippen MR) is 66.7 cm³/mol. The molecule has 1 fully saturated rings. The lowest BCUT2D eigenvalue weighted by Crippen LogP contribution is -2.47. The predicted octanol–water partition coefficient (Wildman–Crippen LogP) is 1.76. The lowest BCUT2D eigenvalue weighted by Gasteiger charge is -2.37. The summed E-state index contributed by atoms with van der Waals surface area (Å²) in [5.41, 5.74) is 1.61. The van der Waals surface area contributed by atoms with Gasteiger partial charge >= 0.3 is 9.24 Å². The summed E-state index contributed by atoms with van der Waals surface area (Å²) in [6, 6.07) is 4.76. The highest BCUT2D eigenvalue weighted by Crippen LogP contribution is 2.39. The van der Waals surface area contributed by atoms with Gasteiger partial charge in [-0.1, -0.05) is 12.1 Å². The van der Waals surface area contributed by atoms with Gasteiger partial charge in [0.15, 0.2) is 0 Å². The van der Waals surface area contributed by atoms with Crippen molar-refractivity contribution in [3.63, 3.8) is 0 Å². The highest BCUT2D eigenvalue weighted by Gasteiger charge is 2.44. The molecule has 0 radical (unpaired) electrons. The van der Waals surface area contributed by atoms with Crippen LogP contribution in [0.25, 0.3) is 0 Å². The molecule has 1 aromatic rings. The van der Waals surface area contributed by atoms with Crippen molar-refractivity contribution in [2.75, 3.05) is 7.11 Å². The number of methoxy groups -OCH3 is 1. The summed E-state index contributed by atoms with van der Waals surface area (Å²) < 4.78 is 28.3. The van der Waals surface area contributed by atoms with Crippen LogP contribution >= 0.6 is 10.7 Å². The van der Waals surface area contributed by atoms with E-state index in [2.05, 4.69) is 0 Å². The zero-order chi connectivity index (χ0) is 13.5. The average molecular weight is 290 g/mol. The van der Waals surface area contributed by atoms with Crippen LogP contribution in [0.15, 0.2) is 18.2 Å². The number of ether oxygens (including phenoxy) is 1. The molecule has 5 nitrogen and oxygen atoms in total. The third-order valence-electron chi connectivity index (χ3n) is 2.94. The molecule has 18 heavy (non-hydrogen) atoms. The molecule has 0 aliphatic carbocycles. The molecule has 7 heteroatoms. The van der Waals surface area contributed by atoms with Crippen molar-refractivity contribution in [1.82, 2.24) is 4.31 Å². The van der Waals surface area contributed by atoms with E-state index < -0.39 is 21.2 Å². The third kappa shape index (κ3) is 2.18. The molecule has 98 valence electrons. The maximum Gasteiger partial charge on any atom is 0.324 e. The molecule has 0 N–H and O–H groups in total. The van der Waals surface area contributed by atoms with Gasteiger partial charge in [0.05, 0.1) is 19.6 Å². The van der Waals surface area contributed by atoms with Gasteiger partial charge in [-0.05, 0) is 24.1 Å². The van der Waals surface area contributed by atoms with E-state index >= 15 is 0 Å². The van der Waals surface area contributed by atoms with E-state index in [0.29, 0.717) is 10.1 Å². The molecule has 1 saturated heterocycles. The fourth-order valence-corrected chi connectivity index (χ4v) is 3.37. The van der Waals surface area contributed by atoms with Gasteiger partial charge in [-0.15, -0.1) is 0 Å². The van der Waals surface area contributed by atoms with E-state index in [9.17, 15) is 13.2 Å². The number of carbonyl (C=O) groups is 1. The lowest BCUT2D eigenvalue weighted by molar-refractivity contribution is -0.137. The van der Waals surface area contributed by atoms with E-state index in [4.69, 9.17) is 15.4 Å². The minimum atomic E-state index is -4.02. The molecule has 1 aromatic carbocycles. The smallest absolute Gasteiger partial charge is 0.324 e. The van der Waals surface area contributed by atoms with Gasteiger partial charge in [-0.3, -0.25) is 4.79 Å². The third-order valence-corrected chi connectivity index (χ3v) is 4.31. The molecule has 0 saturated carbocycles. The average Bonchev–Trinajstić information content (AvgIpc) is 2.23. The maximum absolute atomic E-state index is 11.3. The number of halogens is 1. The Morgan fingerprint density at radius 3 is 2.56 bits per heavy atom. The Morgan fingerprint density at radius 1 is 1.44 bits per heavy atom. The molecule has 2 rings (SSSR count). The molecule has 1 atom stereocenters. The van der Waals surface area contributed by atoms with Gasteiger partial charge in [0.1, 0.15) is 5.75 Å². The van der Waals surface area contributed by atoms with E-state index in [1.165, 1.54) is 0 Å². The second-order valence-electron chi connectivity index (χ2n) is 4.08. The minimum absolute atomic E-state index is 0.151. The summed E-state index contributed by atoms with van der Waals surface area (Å²) in [4.78, 5) is 11.3. The zero-order valence-electron chi connectivity index (χ0n) is 9.88. The highest BCUT2D eigenvalue weighted by molar-refractivity contribution is 8.12. The topological polar surface area (TPSA) is 63.7 Å². The van der Waals surface area contributed by atoms with Crippen LogP contribution in [0.3, 0.4) is 0 Å². The summed E-state index contributed by atoms with van der Waals surface area (Å²) in [6.45, 7) is 1.85. The number of benzene rings is 1. The molecule has 1 heterocycles. The molecule has 1 aliphatic heterocycles. The van der Waals surface area contributed by atoms with Crippen molar-refractivity contribution in [1.29, 1.82) is 0 Å². The summed E-state index contributed by atoms with van der Waals surface area (Å²) in [5, 5.41) is 0. The lowest BCUT2D eigenvalue weighted by atomic mass is 9.95. The Balaban J connectivity index is 2.34. The quantitative estimate of drug-likeness (QED) is 0.628. The van der Waals surface area contributed by atoms with Crippen LogP contribution in [0.2, 0.25) is 0 Å².